The first-order chi connectivity index (χ1) is 16.8. The first-order valence-corrected chi connectivity index (χ1v) is 11.9. The number of benzene rings is 2. The van der Waals surface area contributed by atoms with Crippen molar-refractivity contribution < 1.29 is 9.21 Å². The van der Waals surface area contributed by atoms with Crippen molar-refractivity contribution in [3.05, 3.63) is 96.2 Å². The molecule has 1 fully saturated rings. The van der Waals surface area contributed by atoms with E-state index in [1.165, 1.54) is 5.56 Å². The number of carbonyl (C=O) groups is 1. The van der Waals surface area contributed by atoms with Crippen LogP contribution in [0.25, 0.3) is 17.1 Å². The summed E-state index contributed by atoms with van der Waals surface area (Å²) in [7, 11) is 0. The van der Waals surface area contributed by atoms with Crippen molar-refractivity contribution in [1.82, 2.24) is 19.4 Å². The molecule has 0 spiro atoms. The number of hydrogen-bond acceptors (Lipinski definition) is 5. The second-order valence-corrected chi connectivity index (χ2v) is 8.71. The second kappa shape index (κ2) is 10.6. The van der Waals surface area contributed by atoms with Gasteiger partial charge in [-0.05, 0) is 29.8 Å². The second-order valence-electron chi connectivity index (χ2n) is 8.71. The molecule has 1 saturated heterocycles. The number of aromatic nitrogens is 2. The van der Waals surface area contributed by atoms with Crippen LogP contribution >= 0.6 is 0 Å². The fourth-order valence-electron chi connectivity index (χ4n) is 4.50. The highest BCUT2D eigenvalue weighted by molar-refractivity contribution is 5.93. The smallest absolute Gasteiger partial charge is 0.199 e. The minimum Gasteiger partial charge on any atom is -0.461 e. The first-order valence-electron chi connectivity index (χ1n) is 11.9. The maximum absolute atomic E-state index is 12.5. The predicted molar refractivity (Wildman–Crippen MR) is 135 cm³/mol. The number of fused-ring (bicyclic) bond motifs is 1. The molecule has 0 radical (unpaired) electrons. The van der Waals surface area contributed by atoms with Crippen molar-refractivity contribution in [2.45, 2.75) is 19.5 Å². The Bertz CT molecular complexity index is 1240. The molecule has 5 rings (SSSR count). The highest BCUT2D eigenvalue weighted by Gasteiger charge is 2.20. The van der Waals surface area contributed by atoms with Crippen LogP contribution in [0.15, 0.2) is 83.5 Å². The molecule has 2 aromatic carbocycles. The first kappa shape index (κ1) is 22.3. The molecule has 0 amide bonds. The van der Waals surface area contributed by atoms with Crippen LogP contribution in [-0.2, 0) is 13.1 Å². The molecule has 1 aliphatic heterocycles. The van der Waals surface area contributed by atoms with E-state index in [1.807, 2.05) is 24.3 Å². The lowest BCUT2D eigenvalue weighted by Gasteiger charge is -2.34. The quantitative estimate of drug-likeness (QED) is 0.342. The number of para-hydroxylation sites is 2. The molecule has 4 aromatic rings. The summed E-state index contributed by atoms with van der Waals surface area (Å²) in [5.74, 6) is 1.46. The lowest BCUT2D eigenvalue weighted by Crippen LogP contribution is -2.46. The minimum absolute atomic E-state index is 0.0194. The van der Waals surface area contributed by atoms with Gasteiger partial charge in [0, 0.05) is 45.7 Å². The standard InChI is InChI=1S/C28H30N4O2/c33-26(27-13-7-21-34-27)14-16-32-25-12-5-4-11-24(25)29-28(32)22-31-19-17-30(18-20-31)15-6-10-23-8-2-1-3-9-23/h1-13,21H,14-20,22H2. The van der Waals surface area contributed by atoms with Gasteiger partial charge < -0.3 is 8.98 Å². The zero-order valence-corrected chi connectivity index (χ0v) is 19.3. The molecule has 6 nitrogen and oxygen atoms in total. The average molecular weight is 455 g/mol. The summed E-state index contributed by atoms with van der Waals surface area (Å²) in [4.78, 5) is 22.4. The van der Waals surface area contributed by atoms with Gasteiger partial charge in [0.1, 0.15) is 5.82 Å². The van der Waals surface area contributed by atoms with Crippen LogP contribution in [0.2, 0.25) is 0 Å². The maximum atomic E-state index is 12.5. The number of piperazine rings is 1. The molecule has 0 N–H and O–H groups in total. The number of aryl methyl sites for hydroxylation is 1. The van der Waals surface area contributed by atoms with Gasteiger partial charge in [0.05, 0.1) is 23.8 Å². The number of Topliss-reactive ketones (excluding diaryl/α,β-unsaturated/α-hetero) is 1. The summed E-state index contributed by atoms with van der Waals surface area (Å²) in [5.41, 5.74) is 3.30. The Morgan fingerprint density at radius 2 is 1.68 bits per heavy atom. The summed E-state index contributed by atoms with van der Waals surface area (Å²) >= 11 is 0. The number of carbonyl (C=O) groups excluding carboxylic acids is 1. The Morgan fingerprint density at radius 1 is 0.912 bits per heavy atom. The third kappa shape index (κ3) is 5.35. The van der Waals surface area contributed by atoms with Gasteiger partial charge in [-0.25, -0.2) is 4.98 Å². The summed E-state index contributed by atoms with van der Waals surface area (Å²) in [6, 6.07) is 22.1. The van der Waals surface area contributed by atoms with E-state index >= 15 is 0 Å². The maximum Gasteiger partial charge on any atom is 0.199 e. The van der Waals surface area contributed by atoms with Crippen LogP contribution in [0, 0.1) is 0 Å². The zero-order chi connectivity index (χ0) is 23.2. The lowest BCUT2D eigenvalue weighted by molar-refractivity contribution is 0.0949. The number of hydrogen-bond donors (Lipinski definition) is 0. The fraction of sp³-hybridized carbons (Fsp3) is 0.286. The third-order valence-corrected chi connectivity index (χ3v) is 6.40. The molecule has 0 aliphatic carbocycles. The average Bonchev–Trinajstić information content (AvgIpc) is 3.53. The van der Waals surface area contributed by atoms with E-state index in [2.05, 4.69) is 56.9 Å². The van der Waals surface area contributed by atoms with Crippen LogP contribution in [0.5, 0.6) is 0 Å². The monoisotopic (exact) mass is 454 g/mol. The topological polar surface area (TPSA) is 54.5 Å². The Labute approximate surface area is 200 Å². The van der Waals surface area contributed by atoms with Gasteiger partial charge in [0.15, 0.2) is 11.5 Å². The fourth-order valence-corrected chi connectivity index (χ4v) is 4.50. The third-order valence-electron chi connectivity index (χ3n) is 6.40. The largest absolute Gasteiger partial charge is 0.461 e. The Morgan fingerprint density at radius 3 is 2.47 bits per heavy atom. The van der Waals surface area contributed by atoms with Crippen LogP contribution in [-0.4, -0.2) is 57.9 Å². The van der Waals surface area contributed by atoms with Crippen molar-refractivity contribution in [3.63, 3.8) is 0 Å². The lowest BCUT2D eigenvalue weighted by atomic mass is 10.2. The molecular formula is C28H30N4O2. The van der Waals surface area contributed by atoms with Gasteiger partial charge in [0.2, 0.25) is 0 Å². The highest BCUT2D eigenvalue weighted by atomic mass is 16.3. The van der Waals surface area contributed by atoms with E-state index in [1.54, 1.807) is 18.4 Å². The van der Waals surface area contributed by atoms with Gasteiger partial charge in [-0.3, -0.25) is 14.6 Å². The van der Waals surface area contributed by atoms with E-state index in [-0.39, 0.29) is 5.78 Å². The molecule has 0 saturated carbocycles. The van der Waals surface area contributed by atoms with Crippen molar-refractivity contribution in [1.29, 1.82) is 0 Å². The van der Waals surface area contributed by atoms with E-state index in [0.717, 1.165) is 56.1 Å². The van der Waals surface area contributed by atoms with Crippen molar-refractivity contribution in [2.75, 3.05) is 32.7 Å². The van der Waals surface area contributed by atoms with Crippen molar-refractivity contribution in [3.8, 4) is 0 Å². The van der Waals surface area contributed by atoms with Crippen LogP contribution < -0.4 is 0 Å². The molecular weight excluding hydrogens is 424 g/mol. The molecule has 0 atom stereocenters. The molecule has 0 unspecified atom stereocenters. The van der Waals surface area contributed by atoms with Crippen molar-refractivity contribution >= 4 is 22.9 Å². The minimum atomic E-state index is 0.0194. The number of rotatable bonds is 9. The molecule has 2 aromatic heterocycles. The number of furan rings is 1. The Hall–Kier alpha value is -3.48. The predicted octanol–water partition coefficient (Wildman–Crippen LogP) is 4.73. The molecule has 34 heavy (non-hydrogen) atoms. The summed E-state index contributed by atoms with van der Waals surface area (Å²) in [5, 5.41) is 0. The number of ketones is 1. The normalized spacial score (nSPS) is 15.4. The van der Waals surface area contributed by atoms with Gasteiger partial charge in [0.25, 0.3) is 0 Å². The van der Waals surface area contributed by atoms with E-state index in [4.69, 9.17) is 9.40 Å². The van der Waals surface area contributed by atoms with E-state index < -0.39 is 0 Å². The van der Waals surface area contributed by atoms with Gasteiger partial charge in [-0.1, -0.05) is 54.6 Å². The van der Waals surface area contributed by atoms with Gasteiger partial charge in [-0.15, -0.1) is 0 Å². The highest BCUT2D eigenvalue weighted by Crippen LogP contribution is 2.19. The van der Waals surface area contributed by atoms with E-state index in [0.29, 0.717) is 18.7 Å². The Balaban J connectivity index is 1.20. The molecule has 174 valence electrons. The van der Waals surface area contributed by atoms with Crippen LogP contribution in [0.1, 0.15) is 28.4 Å². The summed E-state index contributed by atoms with van der Waals surface area (Å²) in [6.45, 7) is 6.45. The summed E-state index contributed by atoms with van der Waals surface area (Å²) < 4.78 is 7.47. The molecule has 3 heterocycles. The van der Waals surface area contributed by atoms with Crippen LogP contribution in [0.3, 0.4) is 0 Å². The number of imidazole rings is 1. The number of nitrogens with zero attached hydrogens (tertiary/aromatic N) is 4. The van der Waals surface area contributed by atoms with Gasteiger partial charge in [-0.2, -0.15) is 0 Å². The summed E-state index contributed by atoms with van der Waals surface area (Å²) in [6.07, 6.45) is 6.38. The molecule has 0 bridgehead atoms. The molecule has 1 aliphatic rings. The zero-order valence-electron chi connectivity index (χ0n) is 19.3. The van der Waals surface area contributed by atoms with Crippen molar-refractivity contribution in [2.24, 2.45) is 0 Å². The molecule has 6 heteroatoms. The van der Waals surface area contributed by atoms with Gasteiger partial charge >= 0.3 is 0 Å². The van der Waals surface area contributed by atoms with E-state index in [9.17, 15) is 4.79 Å². The SMILES string of the molecule is O=C(CCn1c(CN2CCN(CC=Cc3ccccc3)CC2)nc2ccccc21)c1ccco1. The Kier molecular flexibility index (Phi) is 6.98. The van der Waals surface area contributed by atoms with Crippen LogP contribution in [0.4, 0.5) is 0 Å².